The molecule has 6 aromatic rings. The van der Waals surface area contributed by atoms with Gasteiger partial charge in [0.15, 0.2) is 6.29 Å². The largest absolute Gasteiger partial charge is 0.392 e. The molecule has 3 aliphatic heterocycles. The van der Waals surface area contributed by atoms with Crippen LogP contribution in [0.3, 0.4) is 0 Å². The molecule has 9 rings (SSSR count). The number of nitrogens with zero attached hydrogens (tertiary/aromatic N) is 4. The molecule has 5 aromatic carbocycles. The van der Waals surface area contributed by atoms with Crippen LogP contribution >= 0.6 is 0 Å². The lowest BCUT2D eigenvalue weighted by Gasteiger charge is -2.45. The van der Waals surface area contributed by atoms with E-state index in [0.29, 0.717) is 25.2 Å². The quantitative estimate of drug-likeness (QED) is 0.139. The minimum Gasteiger partial charge on any atom is -0.392 e. The molecule has 3 saturated heterocycles. The van der Waals surface area contributed by atoms with Gasteiger partial charge in [-0.1, -0.05) is 103 Å². The van der Waals surface area contributed by atoms with E-state index < -0.39 is 11.8 Å². The number of piperidine rings is 1. The summed E-state index contributed by atoms with van der Waals surface area (Å²) >= 11 is 0. The molecule has 0 bridgehead atoms. The van der Waals surface area contributed by atoms with Gasteiger partial charge in [-0.15, -0.1) is 0 Å². The third-order valence-corrected chi connectivity index (χ3v) is 11.8. The predicted octanol–water partition coefficient (Wildman–Crippen LogP) is 6.69. The van der Waals surface area contributed by atoms with Crippen LogP contribution in [0.5, 0.6) is 0 Å². The van der Waals surface area contributed by atoms with Crippen molar-refractivity contribution in [1.82, 2.24) is 25.5 Å². The molecule has 3 fully saturated rings. The zero-order chi connectivity index (χ0) is 39.5. The van der Waals surface area contributed by atoms with Crippen LogP contribution < -0.4 is 15.5 Å². The number of nitrogens with one attached hydrogen (secondary N) is 2. The van der Waals surface area contributed by atoms with Crippen molar-refractivity contribution in [1.29, 1.82) is 0 Å². The van der Waals surface area contributed by atoms with Gasteiger partial charge in [0.2, 0.25) is 5.91 Å². The number of aliphatic hydroxyl groups is 1. The Morgan fingerprint density at radius 2 is 1.53 bits per heavy atom. The summed E-state index contributed by atoms with van der Waals surface area (Å²) in [4.78, 5) is 40.0. The van der Waals surface area contributed by atoms with Crippen molar-refractivity contribution >= 4 is 28.5 Å². The summed E-state index contributed by atoms with van der Waals surface area (Å²) in [5.41, 5.74) is 7.98. The third kappa shape index (κ3) is 7.69. The van der Waals surface area contributed by atoms with Crippen LogP contribution in [0.2, 0.25) is 0 Å². The highest BCUT2D eigenvalue weighted by molar-refractivity contribution is 5.94. The fourth-order valence-electron chi connectivity index (χ4n) is 8.57. The summed E-state index contributed by atoms with van der Waals surface area (Å²) in [6.45, 7) is 3.11. The molecule has 0 saturated carbocycles. The van der Waals surface area contributed by atoms with Crippen LogP contribution in [0.15, 0.2) is 134 Å². The smallest absolute Gasteiger partial charge is 0.271 e. The first-order chi connectivity index (χ1) is 28.5. The lowest BCUT2D eigenvalue weighted by Crippen LogP contribution is -2.57. The number of aromatic nitrogens is 2. The Hall–Kier alpha value is -5.98. The van der Waals surface area contributed by atoms with E-state index >= 15 is 0 Å². The number of carbonyl (C=O) groups excluding carboxylic acids is 2. The van der Waals surface area contributed by atoms with E-state index in [1.54, 1.807) is 0 Å². The van der Waals surface area contributed by atoms with E-state index in [-0.39, 0.29) is 36.3 Å². The van der Waals surface area contributed by atoms with Gasteiger partial charge in [0, 0.05) is 43.9 Å². The van der Waals surface area contributed by atoms with Gasteiger partial charge in [-0.3, -0.25) is 14.6 Å². The molecule has 3 atom stereocenters. The number of carbonyl (C=O) groups is 2. The number of aliphatic hydroxyl groups excluding tert-OH is 1. The second-order valence-electron chi connectivity index (χ2n) is 15.3. The molecule has 1 spiro atoms. The number of hydrogen-bond donors (Lipinski definition) is 3. The van der Waals surface area contributed by atoms with Crippen molar-refractivity contribution in [3.63, 3.8) is 0 Å². The van der Waals surface area contributed by atoms with Gasteiger partial charge in [0.05, 0.1) is 42.7 Å². The van der Waals surface area contributed by atoms with Crippen LogP contribution in [0.1, 0.15) is 64.4 Å². The molecule has 0 aliphatic carbocycles. The molecule has 3 N–H and O–H groups in total. The number of likely N-dealkylation sites (tertiary alicyclic amines) is 1. The minimum absolute atomic E-state index is 0.0165. The Kier molecular flexibility index (Phi) is 10.7. The van der Waals surface area contributed by atoms with E-state index in [0.717, 1.165) is 77.1 Å². The Balaban J connectivity index is 0.896. The minimum atomic E-state index is -0.599. The van der Waals surface area contributed by atoms with Crippen molar-refractivity contribution in [2.75, 3.05) is 31.2 Å². The van der Waals surface area contributed by atoms with Crippen LogP contribution in [0.25, 0.3) is 22.2 Å². The van der Waals surface area contributed by atoms with Gasteiger partial charge < -0.3 is 35.0 Å². The lowest BCUT2D eigenvalue weighted by atomic mass is 9.85. The normalized spacial score (nSPS) is 20.6. The molecule has 0 unspecified atom stereocenters. The maximum atomic E-state index is 13.3. The predicted molar refractivity (Wildman–Crippen MR) is 221 cm³/mol. The number of ether oxygens (including phenoxy) is 2. The number of rotatable bonds is 10. The van der Waals surface area contributed by atoms with Crippen molar-refractivity contribution in [2.24, 2.45) is 0 Å². The first-order valence-electron chi connectivity index (χ1n) is 20.0. The first-order valence-corrected chi connectivity index (χ1v) is 20.0. The first kappa shape index (κ1) is 37.6. The average molecular weight is 775 g/mol. The lowest BCUT2D eigenvalue weighted by molar-refractivity contribution is -0.253. The maximum absolute atomic E-state index is 13.3. The molecule has 58 heavy (non-hydrogen) atoms. The molecule has 0 radical (unpaired) electrons. The van der Waals surface area contributed by atoms with Crippen LogP contribution in [0, 0.1) is 0 Å². The Morgan fingerprint density at radius 3 is 2.31 bits per heavy atom. The summed E-state index contributed by atoms with van der Waals surface area (Å²) in [5.74, 6) is -0.177. The number of amides is 2. The molecular weight excluding hydrogens is 729 g/mol. The standard InChI is InChI=1S/C47H46N6O5/c54-30-32-14-16-34(17-15-32)43-26-38(29-52-24-22-47(23-25-52)46(56)50-31-53(47)37-9-2-1-3-10-37)57-45(58-43)35-20-18-33(19-21-35)39-11-5-4-8-36(39)27-49-44(55)42-28-48-40-12-6-7-13-41(40)51-42/h1-21,28,38,43,45,54H,22-27,29-31H2,(H,49,55)(H,50,56)/t38-,43+,45+/m0/s1. The Labute approximate surface area is 337 Å². The van der Waals surface area contributed by atoms with Gasteiger partial charge in [0.1, 0.15) is 11.2 Å². The Bertz CT molecular complexity index is 2380. The molecule has 4 heterocycles. The average Bonchev–Trinajstić information content (AvgIpc) is 3.60. The van der Waals surface area contributed by atoms with Gasteiger partial charge >= 0.3 is 0 Å². The second-order valence-corrected chi connectivity index (χ2v) is 15.3. The molecule has 1 aromatic heterocycles. The van der Waals surface area contributed by atoms with Crippen LogP contribution in [0.4, 0.5) is 5.69 Å². The number of benzene rings is 5. The van der Waals surface area contributed by atoms with Gasteiger partial charge in [-0.2, -0.15) is 0 Å². The van der Waals surface area contributed by atoms with E-state index in [1.165, 1.54) is 6.20 Å². The summed E-state index contributed by atoms with van der Waals surface area (Å²) in [5, 5.41) is 15.8. The van der Waals surface area contributed by atoms with Crippen LogP contribution in [-0.2, 0) is 27.4 Å². The van der Waals surface area contributed by atoms with Gasteiger partial charge in [-0.05, 0) is 64.9 Å². The molecule has 11 heteroatoms. The molecule has 2 amide bonds. The monoisotopic (exact) mass is 774 g/mol. The molecule has 3 aliphatic rings. The highest BCUT2D eigenvalue weighted by atomic mass is 16.7. The number of para-hydroxylation sites is 3. The van der Waals surface area contributed by atoms with Crippen molar-refractivity contribution in [2.45, 2.75) is 56.5 Å². The summed E-state index contributed by atoms with van der Waals surface area (Å²) in [6.07, 6.45) is 2.72. The van der Waals surface area contributed by atoms with Crippen molar-refractivity contribution in [3.05, 3.63) is 162 Å². The molecule has 294 valence electrons. The molecular formula is C47H46N6O5. The summed E-state index contributed by atoms with van der Waals surface area (Å²) < 4.78 is 13.4. The van der Waals surface area contributed by atoms with Crippen molar-refractivity contribution in [3.8, 4) is 11.1 Å². The maximum Gasteiger partial charge on any atom is 0.271 e. The fraction of sp³-hybridized carbons (Fsp3) is 0.277. The zero-order valence-corrected chi connectivity index (χ0v) is 32.2. The van der Waals surface area contributed by atoms with E-state index in [1.807, 2.05) is 84.9 Å². The highest BCUT2D eigenvalue weighted by Crippen LogP contribution is 2.40. The number of hydrogen-bond acceptors (Lipinski definition) is 9. The summed E-state index contributed by atoms with van der Waals surface area (Å²) in [7, 11) is 0. The number of fused-ring (bicyclic) bond motifs is 1. The van der Waals surface area contributed by atoms with E-state index in [4.69, 9.17) is 9.47 Å². The van der Waals surface area contributed by atoms with E-state index in [9.17, 15) is 14.7 Å². The van der Waals surface area contributed by atoms with Gasteiger partial charge in [0.25, 0.3) is 5.91 Å². The SMILES string of the molecule is O=C(NCc1ccccc1-c1ccc([C@@H]2O[C@H](CN3CCC4(CC3)C(=O)NCN4c3ccccc3)C[C@H](c3ccc(CO)cc3)O2)cc1)c1cnc2ccccc2n1. The molecule has 11 nitrogen and oxygen atoms in total. The fourth-order valence-corrected chi connectivity index (χ4v) is 8.57. The number of anilines is 1. The van der Waals surface area contributed by atoms with Crippen LogP contribution in [-0.4, -0.2) is 69.7 Å². The Morgan fingerprint density at radius 1 is 0.828 bits per heavy atom. The van der Waals surface area contributed by atoms with Gasteiger partial charge in [-0.25, -0.2) is 4.98 Å². The highest BCUT2D eigenvalue weighted by Gasteiger charge is 2.50. The zero-order valence-electron chi connectivity index (χ0n) is 32.2. The second kappa shape index (κ2) is 16.5. The topological polar surface area (TPSA) is 129 Å². The van der Waals surface area contributed by atoms with Crippen molar-refractivity contribution < 1.29 is 24.2 Å². The third-order valence-electron chi connectivity index (χ3n) is 11.8. The van der Waals surface area contributed by atoms with E-state index in [2.05, 4.69) is 72.9 Å². The summed E-state index contributed by atoms with van der Waals surface area (Å²) in [6, 6.07) is 41.9.